The number of hydrogen-bond donors (Lipinski definition) is 1. The second kappa shape index (κ2) is 4.32. The lowest BCUT2D eigenvalue weighted by atomic mass is 9.86. The zero-order valence-electron chi connectivity index (χ0n) is 10.5. The largest absolute Gasteiger partial charge is 0.321 e. The van der Waals surface area contributed by atoms with E-state index in [0.29, 0.717) is 0 Å². The summed E-state index contributed by atoms with van der Waals surface area (Å²) in [7, 11) is 0. The molecule has 3 heteroatoms. The van der Waals surface area contributed by atoms with Crippen LogP contribution in [0.1, 0.15) is 36.9 Å². The fraction of sp³-hybridized carbons (Fsp3) is 0.400. The third-order valence-electron chi connectivity index (χ3n) is 3.93. The Bertz CT molecular complexity index is 601. The van der Waals surface area contributed by atoms with E-state index in [0.717, 1.165) is 28.5 Å². The highest BCUT2D eigenvalue weighted by atomic mass is 79.9. The molecule has 1 aromatic carbocycles. The third-order valence-corrected chi connectivity index (χ3v) is 4.42. The molecule has 0 saturated heterocycles. The van der Waals surface area contributed by atoms with Crippen LogP contribution in [0, 0.1) is 6.92 Å². The smallest absolute Gasteiger partial charge is 0.0709 e. The summed E-state index contributed by atoms with van der Waals surface area (Å²) in [4.78, 5) is 4.60. The fourth-order valence-corrected chi connectivity index (χ4v) is 3.38. The van der Waals surface area contributed by atoms with Crippen LogP contribution in [-0.4, -0.2) is 4.98 Å². The molecule has 0 bridgehead atoms. The second-order valence-corrected chi connectivity index (χ2v) is 6.25. The van der Waals surface area contributed by atoms with Crippen molar-refractivity contribution in [1.82, 2.24) is 4.98 Å². The Kier molecular flexibility index (Phi) is 2.91. The van der Waals surface area contributed by atoms with E-state index >= 15 is 0 Å². The van der Waals surface area contributed by atoms with Crippen LogP contribution >= 0.6 is 15.9 Å². The van der Waals surface area contributed by atoms with Crippen molar-refractivity contribution in [3.8, 4) is 0 Å². The van der Waals surface area contributed by atoms with Crippen molar-refractivity contribution >= 4 is 26.8 Å². The van der Waals surface area contributed by atoms with Crippen molar-refractivity contribution in [3.05, 3.63) is 40.0 Å². The van der Waals surface area contributed by atoms with Crippen molar-refractivity contribution in [2.24, 2.45) is 5.73 Å². The van der Waals surface area contributed by atoms with E-state index < -0.39 is 0 Å². The number of hydrogen-bond acceptors (Lipinski definition) is 2. The van der Waals surface area contributed by atoms with Crippen molar-refractivity contribution in [2.45, 2.75) is 38.1 Å². The summed E-state index contributed by atoms with van der Waals surface area (Å²) in [5.74, 6) is 0. The summed E-state index contributed by atoms with van der Waals surface area (Å²) in [5.41, 5.74) is 9.83. The first-order chi connectivity index (χ1) is 8.58. The quantitative estimate of drug-likeness (QED) is 0.864. The normalized spacial score (nSPS) is 18.4. The number of nitrogens with zero attached hydrogens (tertiary/aromatic N) is 1. The van der Waals surface area contributed by atoms with E-state index in [4.69, 9.17) is 5.73 Å². The molecule has 1 aromatic heterocycles. The number of pyridine rings is 1. The molecule has 2 N–H and O–H groups in total. The average Bonchev–Trinajstić information content (AvgIpc) is 2.77. The van der Waals surface area contributed by atoms with Crippen LogP contribution in [0.2, 0.25) is 0 Å². The lowest BCUT2D eigenvalue weighted by Gasteiger charge is -2.26. The van der Waals surface area contributed by atoms with Crippen LogP contribution in [0.3, 0.4) is 0 Å². The molecule has 0 aliphatic heterocycles. The molecule has 3 rings (SSSR count). The van der Waals surface area contributed by atoms with Gasteiger partial charge in [0.2, 0.25) is 0 Å². The summed E-state index contributed by atoms with van der Waals surface area (Å²) in [6, 6.07) is 8.41. The molecule has 1 saturated carbocycles. The predicted molar refractivity (Wildman–Crippen MR) is 78.5 cm³/mol. The molecule has 0 atom stereocenters. The van der Waals surface area contributed by atoms with Gasteiger partial charge in [0.1, 0.15) is 0 Å². The van der Waals surface area contributed by atoms with E-state index in [-0.39, 0.29) is 5.54 Å². The highest BCUT2D eigenvalue weighted by Crippen LogP contribution is 2.39. The molecule has 0 radical (unpaired) electrons. The van der Waals surface area contributed by atoms with Gasteiger partial charge in [-0.3, -0.25) is 4.98 Å². The van der Waals surface area contributed by atoms with Gasteiger partial charge in [-0.15, -0.1) is 0 Å². The predicted octanol–water partition coefficient (Wildman–Crippen LogP) is 4.03. The Morgan fingerprint density at radius 2 is 1.94 bits per heavy atom. The van der Waals surface area contributed by atoms with Gasteiger partial charge in [-0.25, -0.2) is 0 Å². The van der Waals surface area contributed by atoms with Gasteiger partial charge in [0, 0.05) is 21.1 Å². The number of nitrogens with two attached hydrogens (primary N) is 1. The Balaban J connectivity index is 2.29. The van der Waals surface area contributed by atoms with Crippen molar-refractivity contribution in [3.63, 3.8) is 0 Å². The van der Waals surface area contributed by atoms with Crippen LogP contribution < -0.4 is 5.73 Å². The average molecular weight is 305 g/mol. The summed E-state index contributed by atoms with van der Waals surface area (Å²) in [6.07, 6.45) is 4.62. The van der Waals surface area contributed by atoms with E-state index in [1.54, 1.807) is 0 Å². The number of fused-ring (bicyclic) bond motifs is 1. The van der Waals surface area contributed by atoms with E-state index in [2.05, 4.69) is 39.1 Å². The highest BCUT2D eigenvalue weighted by molar-refractivity contribution is 9.10. The molecule has 1 fully saturated rings. The molecule has 0 spiro atoms. The molecule has 94 valence electrons. The molecule has 2 nitrogen and oxygen atoms in total. The molecule has 1 aliphatic rings. The van der Waals surface area contributed by atoms with Crippen LogP contribution in [0.15, 0.2) is 28.7 Å². The first-order valence-electron chi connectivity index (χ1n) is 6.45. The first-order valence-corrected chi connectivity index (χ1v) is 7.24. The van der Waals surface area contributed by atoms with Crippen molar-refractivity contribution < 1.29 is 0 Å². The van der Waals surface area contributed by atoms with Gasteiger partial charge in [-0.1, -0.05) is 28.8 Å². The maximum absolute atomic E-state index is 6.62. The van der Waals surface area contributed by atoms with E-state index in [9.17, 15) is 0 Å². The molecule has 1 aliphatic carbocycles. The van der Waals surface area contributed by atoms with Gasteiger partial charge in [-0.05, 0) is 49.6 Å². The number of halogens is 1. The summed E-state index contributed by atoms with van der Waals surface area (Å²) in [5, 5.41) is 1.19. The highest BCUT2D eigenvalue weighted by Gasteiger charge is 2.32. The standard InChI is InChI=1S/C15H17BrN2/c1-10-8-13(15(17)6-2-3-7-15)12-9-11(16)4-5-14(12)18-10/h4-5,8-9H,2-3,6-7,17H2,1H3. The number of aryl methyl sites for hydroxylation is 1. The van der Waals surface area contributed by atoms with Gasteiger partial charge >= 0.3 is 0 Å². The number of benzene rings is 1. The first kappa shape index (κ1) is 12.1. The van der Waals surface area contributed by atoms with Gasteiger partial charge in [0.15, 0.2) is 0 Å². The molecular weight excluding hydrogens is 288 g/mol. The molecule has 2 aromatic rings. The number of aromatic nitrogens is 1. The number of rotatable bonds is 1. The van der Waals surface area contributed by atoms with Gasteiger partial charge in [0.25, 0.3) is 0 Å². The molecule has 1 heterocycles. The molecule has 18 heavy (non-hydrogen) atoms. The maximum Gasteiger partial charge on any atom is 0.0709 e. The summed E-state index contributed by atoms with van der Waals surface area (Å²) >= 11 is 3.54. The van der Waals surface area contributed by atoms with Crippen LogP contribution in [0.4, 0.5) is 0 Å². The minimum Gasteiger partial charge on any atom is -0.321 e. The molecule has 0 amide bonds. The second-order valence-electron chi connectivity index (χ2n) is 5.34. The van der Waals surface area contributed by atoms with Crippen LogP contribution in [0.25, 0.3) is 10.9 Å². The van der Waals surface area contributed by atoms with Gasteiger partial charge < -0.3 is 5.73 Å². The van der Waals surface area contributed by atoms with Crippen molar-refractivity contribution in [1.29, 1.82) is 0 Å². The summed E-state index contributed by atoms with van der Waals surface area (Å²) < 4.78 is 1.09. The monoisotopic (exact) mass is 304 g/mol. The maximum atomic E-state index is 6.62. The Morgan fingerprint density at radius 3 is 2.67 bits per heavy atom. The SMILES string of the molecule is Cc1cc(C2(N)CCCC2)c2cc(Br)ccc2n1. The Labute approximate surface area is 116 Å². The third kappa shape index (κ3) is 1.95. The zero-order chi connectivity index (χ0) is 12.8. The topological polar surface area (TPSA) is 38.9 Å². The van der Waals surface area contributed by atoms with E-state index in [1.807, 2.05) is 13.0 Å². The van der Waals surface area contributed by atoms with Gasteiger partial charge in [0.05, 0.1) is 5.52 Å². The minimum atomic E-state index is -0.160. The zero-order valence-corrected chi connectivity index (χ0v) is 12.1. The summed E-state index contributed by atoms with van der Waals surface area (Å²) in [6.45, 7) is 2.04. The minimum absolute atomic E-state index is 0.160. The van der Waals surface area contributed by atoms with Crippen LogP contribution in [-0.2, 0) is 5.54 Å². The van der Waals surface area contributed by atoms with Crippen molar-refractivity contribution in [2.75, 3.05) is 0 Å². The fourth-order valence-electron chi connectivity index (χ4n) is 3.02. The Hall–Kier alpha value is -0.930. The molecular formula is C15H17BrN2. The lowest BCUT2D eigenvalue weighted by Crippen LogP contribution is -2.33. The molecule has 0 unspecified atom stereocenters. The van der Waals surface area contributed by atoms with Crippen LogP contribution in [0.5, 0.6) is 0 Å². The Morgan fingerprint density at radius 1 is 1.22 bits per heavy atom. The van der Waals surface area contributed by atoms with Gasteiger partial charge in [-0.2, -0.15) is 0 Å². The van der Waals surface area contributed by atoms with E-state index in [1.165, 1.54) is 23.8 Å². The lowest BCUT2D eigenvalue weighted by molar-refractivity contribution is 0.465.